The molecule has 1 aliphatic heterocycles. The summed E-state index contributed by atoms with van der Waals surface area (Å²) in [5.41, 5.74) is -1.63. The van der Waals surface area contributed by atoms with Crippen LogP contribution in [0.3, 0.4) is 0 Å². The molecule has 0 radical (unpaired) electrons. The van der Waals surface area contributed by atoms with E-state index >= 15 is 0 Å². The van der Waals surface area contributed by atoms with Crippen molar-refractivity contribution in [1.82, 2.24) is 4.90 Å². The van der Waals surface area contributed by atoms with Crippen LogP contribution in [0.1, 0.15) is 18.9 Å². The van der Waals surface area contributed by atoms with Gasteiger partial charge in [-0.15, -0.1) is 0 Å². The number of benzene rings is 1. The zero-order valence-electron chi connectivity index (χ0n) is 9.67. The Kier molecular flexibility index (Phi) is 2.91. The fourth-order valence-electron chi connectivity index (χ4n) is 2.36. The Labute approximate surface area is 97.7 Å². The fourth-order valence-corrected chi connectivity index (χ4v) is 2.36. The van der Waals surface area contributed by atoms with Gasteiger partial charge in [0.1, 0.15) is 5.60 Å². The minimum atomic E-state index is -1.53. The van der Waals surface area contributed by atoms with Gasteiger partial charge in [0.2, 0.25) is 0 Å². The summed E-state index contributed by atoms with van der Waals surface area (Å²) in [5.74, 6) is -4.07. The number of aliphatic hydroxyl groups is 1. The van der Waals surface area contributed by atoms with Crippen LogP contribution < -0.4 is 0 Å². The Balaban J connectivity index is 2.45. The van der Waals surface area contributed by atoms with E-state index in [9.17, 15) is 18.3 Å². The van der Waals surface area contributed by atoms with Gasteiger partial charge < -0.3 is 10.0 Å². The predicted octanol–water partition coefficient (Wildman–Crippen LogP) is 2.02. The molecule has 0 bridgehead atoms. The number of likely N-dealkylation sites (N-methyl/N-ethyl adjacent to an activating group) is 1. The lowest BCUT2D eigenvalue weighted by atomic mass is 9.91. The normalized spacial score (nSPS) is 29.9. The van der Waals surface area contributed by atoms with Crippen LogP contribution in [0.4, 0.5) is 13.2 Å². The number of rotatable bonds is 1. The first kappa shape index (κ1) is 12.4. The van der Waals surface area contributed by atoms with E-state index < -0.39 is 23.1 Å². The van der Waals surface area contributed by atoms with E-state index in [2.05, 4.69) is 0 Å². The molecule has 0 saturated carbocycles. The summed E-state index contributed by atoms with van der Waals surface area (Å²) in [6.45, 7) is 2.09. The minimum Gasteiger partial charge on any atom is -0.384 e. The molecule has 1 heterocycles. The molecule has 1 aliphatic rings. The smallest absolute Gasteiger partial charge is 0.194 e. The van der Waals surface area contributed by atoms with Gasteiger partial charge >= 0.3 is 0 Å². The SMILES string of the molecule is CC1CC(O)(c2ccc(F)c(F)c2F)CN1C. The summed E-state index contributed by atoms with van der Waals surface area (Å²) in [6, 6.07) is 2.02. The Morgan fingerprint density at radius 1 is 1.29 bits per heavy atom. The molecule has 5 heteroatoms. The molecule has 94 valence electrons. The largest absolute Gasteiger partial charge is 0.384 e. The van der Waals surface area contributed by atoms with Crippen LogP contribution in [-0.2, 0) is 5.60 Å². The standard InChI is InChI=1S/C12H14F3NO/c1-7-5-12(17,6-16(7)2)8-3-4-9(13)11(15)10(8)14/h3-4,7,17H,5-6H2,1-2H3. The van der Waals surface area contributed by atoms with Gasteiger partial charge in [0, 0.05) is 18.2 Å². The van der Waals surface area contributed by atoms with Crippen LogP contribution in [-0.4, -0.2) is 29.6 Å². The van der Waals surface area contributed by atoms with E-state index in [-0.39, 0.29) is 18.2 Å². The molecule has 2 unspecified atom stereocenters. The highest BCUT2D eigenvalue weighted by atomic mass is 19.2. The van der Waals surface area contributed by atoms with Crippen molar-refractivity contribution >= 4 is 0 Å². The van der Waals surface area contributed by atoms with E-state index in [1.807, 2.05) is 11.8 Å². The Hall–Kier alpha value is -1.07. The van der Waals surface area contributed by atoms with E-state index in [4.69, 9.17) is 0 Å². The first-order valence-electron chi connectivity index (χ1n) is 5.42. The lowest BCUT2D eigenvalue weighted by Gasteiger charge is -2.23. The quantitative estimate of drug-likeness (QED) is 0.765. The van der Waals surface area contributed by atoms with E-state index in [0.29, 0.717) is 6.42 Å². The van der Waals surface area contributed by atoms with Crippen molar-refractivity contribution in [1.29, 1.82) is 0 Å². The highest BCUT2D eigenvalue weighted by Gasteiger charge is 2.42. The molecule has 0 amide bonds. The third-order valence-electron chi connectivity index (χ3n) is 3.43. The highest BCUT2D eigenvalue weighted by Crippen LogP contribution is 2.36. The molecule has 2 rings (SSSR count). The summed E-state index contributed by atoms with van der Waals surface area (Å²) in [7, 11) is 1.79. The van der Waals surface area contributed by atoms with Gasteiger partial charge in [-0.05, 0) is 26.5 Å². The first-order valence-corrected chi connectivity index (χ1v) is 5.42. The third kappa shape index (κ3) is 1.93. The average molecular weight is 245 g/mol. The van der Waals surface area contributed by atoms with Gasteiger partial charge in [-0.25, -0.2) is 13.2 Å². The van der Waals surface area contributed by atoms with Gasteiger partial charge in [0.25, 0.3) is 0 Å². The topological polar surface area (TPSA) is 23.5 Å². The van der Waals surface area contributed by atoms with Crippen molar-refractivity contribution in [3.05, 3.63) is 35.1 Å². The van der Waals surface area contributed by atoms with Crippen molar-refractivity contribution in [3.63, 3.8) is 0 Å². The van der Waals surface area contributed by atoms with Crippen LogP contribution >= 0.6 is 0 Å². The molecule has 1 saturated heterocycles. The molecule has 17 heavy (non-hydrogen) atoms. The van der Waals surface area contributed by atoms with Crippen LogP contribution in [0.15, 0.2) is 12.1 Å². The van der Waals surface area contributed by atoms with Crippen LogP contribution in [0.2, 0.25) is 0 Å². The summed E-state index contributed by atoms with van der Waals surface area (Å²) < 4.78 is 39.6. The van der Waals surface area contributed by atoms with Gasteiger partial charge in [-0.3, -0.25) is 0 Å². The van der Waals surface area contributed by atoms with Crippen molar-refractivity contribution in [2.45, 2.75) is 25.0 Å². The van der Waals surface area contributed by atoms with Crippen molar-refractivity contribution in [3.8, 4) is 0 Å². The predicted molar refractivity (Wildman–Crippen MR) is 56.9 cm³/mol. The van der Waals surface area contributed by atoms with E-state index in [1.165, 1.54) is 0 Å². The summed E-state index contributed by atoms with van der Waals surface area (Å²) >= 11 is 0. The second-order valence-electron chi connectivity index (χ2n) is 4.72. The minimum absolute atomic E-state index is 0.0625. The Morgan fingerprint density at radius 2 is 1.94 bits per heavy atom. The lowest BCUT2D eigenvalue weighted by molar-refractivity contribution is 0.0440. The molecular weight excluding hydrogens is 231 g/mol. The summed E-state index contributed by atoms with van der Waals surface area (Å²) in [5, 5.41) is 10.3. The van der Waals surface area contributed by atoms with Crippen molar-refractivity contribution < 1.29 is 18.3 Å². The monoisotopic (exact) mass is 245 g/mol. The van der Waals surface area contributed by atoms with Crippen molar-refractivity contribution in [2.24, 2.45) is 0 Å². The first-order chi connectivity index (χ1) is 7.85. The summed E-state index contributed by atoms with van der Waals surface area (Å²) in [6.07, 6.45) is 0.297. The average Bonchev–Trinajstić information content (AvgIpc) is 2.50. The van der Waals surface area contributed by atoms with Crippen LogP contribution in [0.25, 0.3) is 0 Å². The zero-order chi connectivity index (χ0) is 12.8. The molecule has 1 N–H and O–H groups in total. The van der Waals surface area contributed by atoms with Crippen LogP contribution in [0, 0.1) is 17.5 Å². The summed E-state index contributed by atoms with van der Waals surface area (Å²) in [4.78, 5) is 1.85. The molecule has 2 atom stereocenters. The second kappa shape index (κ2) is 3.99. The van der Waals surface area contributed by atoms with E-state index in [0.717, 1.165) is 12.1 Å². The number of likely N-dealkylation sites (tertiary alicyclic amines) is 1. The van der Waals surface area contributed by atoms with Gasteiger partial charge in [-0.1, -0.05) is 6.07 Å². The van der Waals surface area contributed by atoms with Crippen LogP contribution in [0.5, 0.6) is 0 Å². The number of halogens is 3. The van der Waals surface area contributed by atoms with Gasteiger partial charge in [0.15, 0.2) is 17.5 Å². The molecule has 2 nitrogen and oxygen atoms in total. The molecule has 1 aromatic rings. The molecule has 0 spiro atoms. The maximum Gasteiger partial charge on any atom is 0.194 e. The maximum absolute atomic E-state index is 13.6. The zero-order valence-corrected chi connectivity index (χ0v) is 9.67. The molecular formula is C12H14F3NO. The second-order valence-corrected chi connectivity index (χ2v) is 4.72. The maximum atomic E-state index is 13.6. The highest BCUT2D eigenvalue weighted by molar-refractivity contribution is 5.28. The Bertz CT molecular complexity index is 440. The Morgan fingerprint density at radius 3 is 2.47 bits per heavy atom. The molecule has 0 aromatic heterocycles. The van der Waals surface area contributed by atoms with Gasteiger partial charge in [-0.2, -0.15) is 0 Å². The lowest BCUT2D eigenvalue weighted by Crippen LogP contribution is -2.30. The molecule has 1 fully saturated rings. The van der Waals surface area contributed by atoms with E-state index in [1.54, 1.807) is 7.05 Å². The van der Waals surface area contributed by atoms with Crippen molar-refractivity contribution in [2.75, 3.05) is 13.6 Å². The third-order valence-corrected chi connectivity index (χ3v) is 3.43. The molecule has 0 aliphatic carbocycles. The molecule has 1 aromatic carbocycles. The number of hydrogen-bond donors (Lipinski definition) is 1. The number of nitrogens with zero attached hydrogens (tertiary/aromatic N) is 1. The fraction of sp³-hybridized carbons (Fsp3) is 0.500. The number of hydrogen-bond acceptors (Lipinski definition) is 2. The number of β-amino-alcohol motifs (C(OH)–C–C–N with tert-alkyl or cyclic N) is 1. The van der Waals surface area contributed by atoms with Gasteiger partial charge in [0.05, 0.1) is 0 Å².